The molecular weight excluding hydrogens is 466 g/mol. The number of anilines is 1. The van der Waals surface area contributed by atoms with E-state index in [1.54, 1.807) is 44.7 Å². The van der Waals surface area contributed by atoms with Crippen molar-refractivity contribution in [1.29, 1.82) is 0 Å². The normalized spacial score (nSPS) is 15.8. The topological polar surface area (TPSA) is 99.9 Å². The van der Waals surface area contributed by atoms with Crippen LogP contribution < -0.4 is 4.90 Å². The Morgan fingerprint density at radius 3 is 2.34 bits per heavy atom. The van der Waals surface area contributed by atoms with E-state index in [0.29, 0.717) is 23.2 Å². The summed E-state index contributed by atoms with van der Waals surface area (Å²) in [6.07, 6.45) is 5.23. The van der Waals surface area contributed by atoms with Crippen LogP contribution in [0.3, 0.4) is 0 Å². The Kier molecular flexibility index (Phi) is 5.37. The van der Waals surface area contributed by atoms with E-state index in [2.05, 4.69) is 4.98 Å². The first kappa shape index (κ1) is 22.4. The first-order chi connectivity index (χ1) is 16.8. The smallest absolute Gasteiger partial charge is 0.269 e. The number of aromatic nitrogens is 1. The van der Waals surface area contributed by atoms with Crippen molar-refractivity contribution in [3.8, 4) is 0 Å². The molecule has 2 amide bonds. The largest absolute Gasteiger partial charge is 0.341 e. The first-order valence-electron chi connectivity index (χ1n) is 10.7. The summed E-state index contributed by atoms with van der Waals surface area (Å²) in [4.78, 5) is 46.0. The lowest BCUT2D eigenvalue weighted by atomic mass is 9.91. The SMILES string of the molecule is CN1C(=O)C(=C2C=CN(Cc3ccc([N+](=O)[O-])cc3)c3c2ccc2cccnc32)C(=O)N(C)C1=S. The van der Waals surface area contributed by atoms with Gasteiger partial charge < -0.3 is 4.90 Å². The number of non-ortho nitro benzene ring substituents is 1. The van der Waals surface area contributed by atoms with E-state index in [4.69, 9.17) is 12.2 Å². The predicted octanol–water partition coefficient (Wildman–Crippen LogP) is 3.65. The molecule has 10 heteroatoms. The van der Waals surface area contributed by atoms with Crippen LogP contribution in [0, 0.1) is 10.1 Å². The van der Waals surface area contributed by atoms with E-state index in [1.807, 2.05) is 29.2 Å². The highest BCUT2D eigenvalue weighted by Gasteiger charge is 2.38. The summed E-state index contributed by atoms with van der Waals surface area (Å²) in [6.45, 7) is 0.408. The van der Waals surface area contributed by atoms with Gasteiger partial charge in [0.05, 0.1) is 16.1 Å². The fourth-order valence-electron chi connectivity index (χ4n) is 4.29. The molecule has 0 spiro atoms. The Labute approximate surface area is 205 Å². The lowest BCUT2D eigenvalue weighted by molar-refractivity contribution is -0.384. The van der Waals surface area contributed by atoms with Gasteiger partial charge in [-0.05, 0) is 29.9 Å². The van der Waals surface area contributed by atoms with Crippen molar-refractivity contribution >= 4 is 57.0 Å². The molecule has 9 nitrogen and oxygen atoms in total. The summed E-state index contributed by atoms with van der Waals surface area (Å²) in [7, 11) is 3.09. The quantitative estimate of drug-likeness (QED) is 0.184. The predicted molar refractivity (Wildman–Crippen MR) is 135 cm³/mol. The minimum Gasteiger partial charge on any atom is -0.341 e. The number of allylic oxidation sites excluding steroid dienone is 2. The molecule has 5 rings (SSSR count). The van der Waals surface area contributed by atoms with Gasteiger partial charge in [-0.15, -0.1) is 0 Å². The summed E-state index contributed by atoms with van der Waals surface area (Å²) in [6, 6.07) is 13.9. The summed E-state index contributed by atoms with van der Waals surface area (Å²) in [5, 5.41) is 12.1. The molecule has 1 aromatic heterocycles. The standard InChI is InChI=1S/C25H19N5O4S/c1-27-23(31)20(24(32)28(2)25(27)35)18-11-13-29(14-15-5-8-17(9-6-15)30(33)34)22-19(18)10-7-16-4-3-12-26-21(16)22/h3-13H,14H2,1-2H3. The van der Waals surface area contributed by atoms with Crippen LogP contribution >= 0.6 is 12.2 Å². The molecule has 0 saturated carbocycles. The van der Waals surface area contributed by atoms with Gasteiger partial charge in [0.15, 0.2) is 5.11 Å². The summed E-state index contributed by atoms with van der Waals surface area (Å²) >= 11 is 5.23. The Bertz CT molecular complexity index is 1470. The maximum atomic E-state index is 13.1. The minimum absolute atomic E-state index is 0.0166. The van der Waals surface area contributed by atoms with E-state index in [1.165, 1.54) is 21.9 Å². The van der Waals surface area contributed by atoms with E-state index in [0.717, 1.165) is 16.6 Å². The molecule has 2 aliphatic rings. The second-order valence-electron chi connectivity index (χ2n) is 8.20. The van der Waals surface area contributed by atoms with Crippen LogP contribution in [0.15, 0.2) is 72.6 Å². The zero-order chi connectivity index (χ0) is 24.9. The number of rotatable bonds is 3. The van der Waals surface area contributed by atoms with Crippen molar-refractivity contribution in [2.45, 2.75) is 6.54 Å². The number of amides is 2. The molecule has 3 aromatic rings. The zero-order valence-corrected chi connectivity index (χ0v) is 19.7. The molecule has 0 radical (unpaired) electrons. The van der Waals surface area contributed by atoms with Gasteiger partial charge in [0.1, 0.15) is 5.57 Å². The molecule has 0 unspecified atom stereocenters. The van der Waals surface area contributed by atoms with Crippen LogP contribution in [0.2, 0.25) is 0 Å². The third kappa shape index (κ3) is 3.64. The zero-order valence-electron chi connectivity index (χ0n) is 18.8. The lowest BCUT2D eigenvalue weighted by Gasteiger charge is -2.34. The van der Waals surface area contributed by atoms with Gasteiger partial charge >= 0.3 is 0 Å². The summed E-state index contributed by atoms with van der Waals surface area (Å²) < 4.78 is 0. The molecule has 0 bridgehead atoms. The maximum absolute atomic E-state index is 13.1. The molecule has 0 atom stereocenters. The first-order valence-corrected chi connectivity index (χ1v) is 11.1. The van der Waals surface area contributed by atoms with Crippen LogP contribution in [0.5, 0.6) is 0 Å². The van der Waals surface area contributed by atoms with Crippen LogP contribution in [0.4, 0.5) is 11.4 Å². The molecule has 174 valence electrons. The van der Waals surface area contributed by atoms with E-state index < -0.39 is 16.7 Å². The number of pyridine rings is 1. The number of carbonyl (C=O) groups excluding carboxylic acids is 2. The molecule has 35 heavy (non-hydrogen) atoms. The van der Waals surface area contributed by atoms with Crippen molar-refractivity contribution in [3.05, 3.63) is 93.8 Å². The maximum Gasteiger partial charge on any atom is 0.269 e. The molecule has 2 aliphatic heterocycles. The Hall–Kier alpha value is -4.44. The number of hydrogen-bond acceptors (Lipinski definition) is 7. The fourth-order valence-corrected chi connectivity index (χ4v) is 4.46. The average Bonchev–Trinajstić information content (AvgIpc) is 2.87. The number of nitro benzene ring substituents is 1. The monoisotopic (exact) mass is 485 g/mol. The highest BCUT2D eigenvalue weighted by Crippen LogP contribution is 2.41. The summed E-state index contributed by atoms with van der Waals surface area (Å²) in [5.74, 6) is -0.928. The Balaban J connectivity index is 1.68. The number of fused-ring (bicyclic) bond motifs is 3. The van der Waals surface area contributed by atoms with Crippen molar-refractivity contribution in [1.82, 2.24) is 14.8 Å². The van der Waals surface area contributed by atoms with Gasteiger partial charge in [-0.3, -0.25) is 34.5 Å². The van der Waals surface area contributed by atoms with Crippen molar-refractivity contribution < 1.29 is 14.5 Å². The molecule has 1 fully saturated rings. The number of carbonyl (C=O) groups is 2. The molecular formula is C25H19N5O4S. The minimum atomic E-state index is -0.464. The molecule has 3 heterocycles. The van der Waals surface area contributed by atoms with Gasteiger partial charge in [0, 0.05) is 61.7 Å². The van der Waals surface area contributed by atoms with Crippen LogP contribution in [0.25, 0.3) is 16.5 Å². The number of nitro groups is 1. The Morgan fingerprint density at radius 2 is 1.69 bits per heavy atom. The van der Waals surface area contributed by atoms with Crippen LogP contribution in [-0.4, -0.2) is 50.7 Å². The fraction of sp³-hybridized carbons (Fsp3) is 0.120. The molecule has 2 aromatic carbocycles. The van der Waals surface area contributed by atoms with Gasteiger partial charge in [0.2, 0.25) is 0 Å². The van der Waals surface area contributed by atoms with Crippen LogP contribution in [-0.2, 0) is 16.1 Å². The number of nitrogens with zero attached hydrogens (tertiary/aromatic N) is 5. The van der Waals surface area contributed by atoms with Crippen molar-refractivity contribution in [3.63, 3.8) is 0 Å². The van der Waals surface area contributed by atoms with E-state index in [9.17, 15) is 19.7 Å². The van der Waals surface area contributed by atoms with E-state index >= 15 is 0 Å². The summed E-state index contributed by atoms with van der Waals surface area (Å²) in [5.41, 5.74) is 3.53. The van der Waals surface area contributed by atoms with Gasteiger partial charge in [0.25, 0.3) is 17.5 Å². The second-order valence-corrected chi connectivity index (χ2v) is 8.57. The molecule has 0 N–H and O–H groups in total. The van der Waals surface area contributed by atoms with Crippen LogP contribution in [0.1, 0.15) is 11.1 Å². The van der Waals surface area contributed by atoms with Crippen molar-refractivity contribution in [2.24, 2.45) is 0 Å². The van der Waals surface area contributed by atoms with Gasteiger partial charge in [-0.2, -0.15) is 0 Å². The average molecular weight is 486 g/mol. The number of hydrogen-bond donors (Lipinski definition) is 0. The van der Waals surface area contributed by atoms with Crippen molar-refractivity contribution in [2.75, 3.05) is 19.0 Å². The van der Waals surface area contributed by atoms with Gasteiger partial charge in [-0.1, -0.05) is 30.3 Å². The highest BCUT2D eigenvalue weighted by atomic mass is 32.1. The second kappa shape index (κ2) is 8.41. The highest BCUT2D eigenvalue weighted by molar-refractivity contribution is 7.80. The lowest BCUT2D eigenvalue weighted by Crippen LogP contribution is -2.53. The third-order valence-corrected chi connectivity index (χ3v) is 6.67. The van der Waals surface area contributed by atoms with Gasteiger partial charge in [-0.25, -0.2) is 0 Å². The van der Waals surface area contributed by atoms with E-state index in [-0.39, 0.29) is 16.4 Å². The number of likely N-dealkylation sites (N-methyl/N-ethyl adjacent to an activating group) is 2. The Morgan fingerprint density at radius 1 is 1.00 bits per heavy atom. The number of benzene rings is 2. The molecule has 1 saturated heterocycles. The molecule has 0 aliphatic carbocycles. The third-order valence-electron chi connectivity index (χ3n) is 6.13. The number of thiocarbonyl (C=S) groups is 1.